The van der Waals surface area contributed by atoms with Crippen LogP contribution in [0.2, 0.25) is 0 Å². The first-order valence-corrected chi connectivity index (χ1v) is 9.67. The number of nitrogens with zero attached hydrogens (tertiary/aromatic N) is 2. The highest BCUT2D eigenvalue weighted by atomic mass is 19.2. The van der Waals surface area contributed by atoms with Gasteiger partial charge >= 0.3 is 0 Å². The largest absolute Gasteiger partial charge is 0.476 e. The second-order valence-corrected chi connectivity index (χ2v) is 6.83. The van der Waals surface area contributed by atoms with Crippen LogP contribution in [0.25, 0.3) is 0 Å². The van der Waals surface area contributed by atoms with E-state index < -0.39 is 41.1 Å². The van der Waals surface area contributed by atoms with Gasteiger partial charge in [0.2, 0.25) is 11.6 Å². The van der Waals surface area contributed by atoms with E-state index in [0.29, 0.717) is 5.71 Å². The second kappa shape index (κ2) is 8.59. The van der Waals surface area contributed by atoms with Crippen molar-refractivity contribution in [1.82, 2.24) is 4.98 Å². The Labute approximate surface area is 176 Å². The molecule has 1 unspecified atom stereocenters. The summed E-state index contributed by atoms with van der Waals surface area (Å²) >= 11 is 0. The molecule has 5 nitrogen and oxygen atoms in total. The van der Waals surface area contributed by atoms with E-state index in [1.165, 1.54) is 0 Å². The van der Waals surface area contributed by atoms with Gasteiger partial charge in [0, 0.05) is 17.5 Å². The summed E-state index contributed by atoms with van der Waals surface area (Å²) in [5, 5.41) is 2.43. The fourth-order valence-corrected chi connectivity index (χ4v) is 3.39. The zero-order valence-electron chi connectivity index (χ0n) is 16.5. The predicted molar refractivity (Wildman–Crippen MR) is 110 cm³/mol. The van der Waals surface area contributed by atoms with Gasteiger partial charge in [-0.2, -0.15) is 18.2 Å². The minimum atomic E-state index is -1.55. The van der Waals surface area contributed by atoms with Crippen LogP contribution in [0.1, 0.15) is 23.6 Å². The van der Waals surface area contributed by atoms with Gasteiger partial charge in [-0.25, -0.2) is 0 Å². The highest BCUT2D eigenvalue weighted by Crippen LogP contribution is 2.29. The van der Waals surface area contributed by atoms with Gasteiger partial charge in [0.25, 0.3) is 11.8 Å². The van der Waals surface area contributed by atoms with E-state index in [2.05, 4.69) is 15.3 Å². The summed E-state index contributed by atoms with van der Waals surface area (Å²) in [5.74, 6) is -5.43. The van der Waals surface area contributed by atoms with Crippen LogP contribution >= 0.6 is 0 Å². The Morgan fingerprint density at radius 2 is 1.74 bits per heavy atom. The molecule has 158 valence electrons. The number of carbonyl (C=O) groups is 1. The zero-order valence-corrected chi connectivity index (χ0v) is 16.5. The molecule has 8 heteroatoms. The summed E-state index contributed by atoms with van der Waals surface area (Å²) in [6.45, 7) is 1.56. The van der Waals surface area contributed by atoms with Gasteiger partial charge in [0.15, 0.2) is 11.9 Å². The average molecular weight is 425 g/mol. The lowest BCUT2D eigenvalue weighted by molar-refractivity contribution is -0.118. The number of anilines is 1. The molecule has 1 aliphatic rings. The first-order chi connectivity index (χ1) is 15.0. The molecule has 0 spiro atoms. The molecule has 4 rings (SSSR count). The molecule has 0 saturated heterocycles. The number of benzene rings is 2. The van der Waals surface area contributed by atoms with Crippen LogP contribution in [-0.2, 0) is 11.2 Å². The number of hydrogen-bond acceptors (Lipinski definition) is 5. The van der Waals surface area contributed by atoms with Gasteiger partial charge in [0.05, 0.1) is 12.3 Å². The molecule has 2 heterocycles. The molecule has 1 N–H and O–H groups in total. The summed E-state index contributed by atoms with van der Waals surface area (Å²) in [6, 6.07) is 16.4. The minimum Gasteiger partial charge on any atom is -0.476 e. The number of pyridine rings is 1. The molecule has 0 saturated carbocycles. The fourth-order valence-electron chi connectivity index (χ4n) is 3.39. The summed E-state index contributed by atoms with van der Waals surface area (Å²) in [6.07, 6.45) is -1.36. The van der Waals surface area contributed by atoms with Gasteiger partial charge in [-0.05, 0) is 12.5 Å². The van der Waals surface area contributed by atoms with Crippen LogP contribution in [0.15, 0.2) is 59.6 Å². The molecule has 0 fully saturated rings. The van der Waals surface area contributed by atoms with E-state index in [1.807, 2.05) is 42.5 Å². The van der Waals surface area contributed by atoms with E-state index in [4.69, 9.17) is 4.74 Å². The lowest BCUT2D eigenvalue weighted by atomic mass is 9.96. The number of halogens is 3. The van der Waals surface area contributed by atoms with Gasteiger partial charge in [-0.15, -0.1) is 0 Å². The second-order valence-electron chi connectivity index (χ2n) is 6.83. The van der Waals surface area contributed by atoms with E-state index in [-0.39, 0.29) is 13.0 Å². The normalized spacial score (nSPS) is 15.7. The molecule has 0 aliphatic carbocycles. The molecule has 1 aliphatic heterocycles. The van der Waals surface area contributed by atoms with Crippen molar-refractivity contribution in [3.05, 3.63) is 88.9 Å². The summed E-state index contributed by atoms with van der Waals surface area (Å²) in [4.78, 5) is 20.6. The third-order valence-corrected chi connectivity index (χ3v) is 4.82. The molecular weight excluding hydrogens is 407 g/mol. The van der Waals surface area contributed by atoms with Crippen LogP contribution in [0.5, 0.6) is 5.88 Å². The highest BCUT2D eigenvalue weighted by Gasteiger charge is 2.30. The molecule has 31 heavy (non-hydrogen) atoms. The monoisotopic (exact) mass is 425 g/mol. The lowest BCUT2D eigenvalue weighted by Crippen LogP contribution is -2.30. The highest BCUT2D eigenvalue weighted by molar-refractivity contribution is 6.16. The maximum absolute atomic E-state index is 14.8. The van der Waals surface area contributed by atoms with E-state index >= 15 is 0 Å². The van der Waals surface area contributed by atoms with Crippen molar-refractivity contribution in [2.75, 3.05) is 11.9 Å². The van der Waals surface area contributed by atoms with Crippen molar-refractivity contribution >= 4 is 17.2 Å². The van der Waals surface area contributed by atoms with Crippen LogP contribution in [0.4, 0.5) is 18.9 Å². The van der Waals surface area contributed by atoms with Crippen molar-refractivity contribution in [3.63, 3.8) is 0 Å². The number of fused-ring (bicyclic) bond motifs is 1. The molecular formula is C23H18F3N3O2. The van der Waals surface area contributed by atoms with E-state index in [9.17, 15) is 18.0 Å². The number of hydrogen-bond donors (Lipinski definition) is 1. The predicted octanol–water partition coefficient (Wildman–Crippen LogP) is 4.30. The van der Waals surface area contributed by atoms with Crippen LogP contribution < -0.4 is 10.1 Å². The summed E-state index contributed by atoms with van der Waals surface area (Å²) in [7, 11) is 0. The molecule has 1 atom stereocenters. The molecule has 0 radical (unpaired) electrons. The first kappa shape index (κ1) is 20.6. The Balaban J connectivity index is 1.82. The van der Waals surface area contributed by atoms with E-state index in [0.717, 1.165) is 16.7 Å². The zero-order chi connectivity index (χ0) is 22.0. The Hall–Kier alpha value is -3.68. The SMILES string of the molecule is CCOc1nc(F)c(F)c(NC2N=C(c3ccccc3)c3ccccc3CC2=O)c1F. The van der Waals surface area contributed by atoms with Crippen molar-refractivity contribution in [2.45, 2.75) is 19.5 Å². The number of aromatic nitrogens is 1. The third kappa shape index (κ3) is 4.01. The Morgan fingerprint density at radius 3 is 2.48 bits per heavy atom. The number of ketones is 1. The fraction of sp³-hybridized carbons (Fsp3) is 0.174. The average Bonchev–Trinajstić information content (AvgIpc) is 2.92. The van der Waals surface area contributed by atoms with Gasteiger partial charge in [-0.1, -0.05) is 54.6 Å². The van der Waals surface area contributed by atoms with Gasteiger partial charge in [-0.3, -0.25) is 9.79 Å². The smallest absolute Gasteiger partial charge is 0.255 e. The molecule has 2 aromatic carbocycles. The molecule has 3 aromatic rings. The molecule has 0 amide bonds. The standard InChI is InChI=1S/C23H18F3N3O2/c1-2-31-23-18(25)20(17(24)21(26)29-23)28-22-16(30)12-14-10-6-7-11-15(14)19(27-22)13-8-4-3-5-9-13/h3-11,22H,2,12H2,1H3,(H,28,29). The number of ether oxygens (including phenoxy) is 1. The molecule has 1 aromatic heterocycles. The van der Waals surface area contributed by atoms with Crippen LogP contribution in [-0.4, -0.2) is 29.3 Å². The van der Waals surface area contributed by atoms with Crippen molar-refractivity contribution in [1.29, 1.82) is 0 Å². The first-order valence-electron chi connectivity index (χ1n) is 9.67. The topological polar surface area (TPSA) is 63.6 Å². The van der Waals surface area contributed by atoms with Crippen molar-refractivity contribution < 1.29 is 22.7 Å². The Kier molecular flexibility index (Phi) is 5.70. The van der Waals surface area contributed by atoms with Crippen LogP contribution in [0, 0.1) is 17.6 Å². The number of rotatable bonds is 5. The van der Waals surface area contributed by atoms with Gasteiger partial charge < -0.3 is 10.1 Å². The lowest BCUT2D eigenvalue weighted by Gasteiger charge is -2.17. The summed E-state index contributed by atoms with van der Waals surface area (Å²) < 4.78 is 48.0. The number of aliphatic imine (C=N–C) groups is 1. The van der Waals surface area contributed by atoms with Crippen LogP contribution in [0.3, 0.4) is 0 Å². The number of Topliss-reactive ketones (excluding diaryl/α,β-unsaturated/α-hetero) is 1. The Bertz CT molecular complexity index is 1170. The van der Waals surface area contributed by atoms with Gasteiger partial charge in [0.1, 0.15) is 5.69 Å². The number of carbonyl (C=O) groups excluding carboxylic acids is 1. The number of nitrogens with one attached hydrogen (secondary N) is 1. The summed E-state index contributed by atoms with van der Waals surface area (Å²) in [5.41, 5.74) is 1.84. The maximum Gasteiger partial charge on any atom is 0.255 e. The quantitative estimate of drug-likeness (QED) is 0.620. The van der Waals surface area contributed by atoms with Crippen molar-refractivity contribution in [3.8, 4) is 5.88 Å². The van der Waals surface area contributed by atoms with E-state index in [1.54, 1.807) is 19.1 Å². The third-order valence-electron chi connectivity index (χ3n) is 4.82. The van der Waals surface area contributed by atoms with Crippen molar-refractivity contribution in [2.24, 2.45) is 4.99 Å². The Morgan fingerprint density at radius 1 is 1.03 bits per heavy atom. The maximum atomic E-state index is 14.8. The molecule has 0 bridgehead atoms. The minimum absolute atomic E-state index is 0.00239.